The molecule has 0 radical (unpaired) electrons. The molecule has 2 aliphatic rings. The first-order valence-corrected chi connectivity index (χ1v) is 8.11. The lowest BCUT2D eigenvalue weighted by atomic mass is 10.2. The maximum Gasteiger partial charge on any atom is 0.191 e. The van der Waals surface area contributed by atoms with Crippen LogP contribution in [0.1, 0.15) is 32.1 Å². The Balaban J connectivity index is 1.56. The zero-order valence-corrected chi connectivity index (χ0v) is 12.1. The number of hydrogen-bond acceptors (Lipinski definition) is 3. The molecule has 2 aliphatic heterocycles. The van der Waals surface area contributed by atoms with Crippen LogP contribution in [0, 0.1) is 0 Å². The van der Waals surface area contributed by atoms with Crippen molar-refractivity contribution in [1.29, 1.82) is 0 Å². The molecule has 2 heterocycles. The van der Waals surface area contributed by atoms with Gasteiger partial charge in [-0.25, -0.2) is 0 Å². The minimum atomic E-state index is 0.459. The molecule has 0 saturated carbocycles. The van der Waals surface area contributed by atoms with E-state index in [-0.39, 0.29) is 0 Å². The summed E-state index contributed by atoms with van der Waals surface area (Å²) in [5, 5.41) is 7.55. The fraction of sp³-hybridized carbons (Fsp3) is 0.923. The average molecular weight is 271 g/mol. The molecule has 2 N–H and O–H groups in total. The highest BCUT2D eigenvalue weighted by Crippen LogP contribution is 2.25. The summed E-state index contributed by atoms with van der Waals surface area (Å²) >= 11 is 2.07. The minimum absolute atomic E-state index is 0.459. The van der Waals surface area contributed by atoms with Crippen LogP contribution in [0.25, 0.3) is 0 Å². The van der Waals surface area contributed by atoms with Crippen LogP contribution in [0.15, 0.2) is 4.99 Å². The minimum Gasteiger partial charge on any atom is -0.378 e. The Morgan fingerprint density at radius 1 is 1.33 bits per heavy atom. The second-order valence-corrected chi connectivity index (χ2v) is 6.35. The Bertz CT molecular complexity index is 261. The molecule has 0 amide bonds. The highest BCUT2D eigenvalue weighted by atomic mass is 32.2. The molecule has 0 aromatic heterocycles. The lowest BCUT2D eigenvalue weighted by Gasteiger charge is -2.16. The quantitative estimate of drug-likeness (QED) is 0.589. The van der Waals surface area contributed by atoms with Crippen molar-refractivity contribution in [2.45, 2.75) is 43.5 Å². The predicted octanol–water partition coefficient (Wildman–Crippen LogP) is 1.62. The molecule has 18 heavy (non-hydrogen) atoms. The van der Waals surface area contributed by atoms with Gasteiger partial charge >= 0.3 is 0 Å². The molecule has 2 rings (SSSR count). The van der Waals surface area contributed by atoms with E-state index >= 15 is 0 Å². The number of ether oxygens (including phenoxy) is 1. The van der Waals surface area contributed by atoms with Crippen molar-refractivity contribution in [3.05, 3.63) is 0 Å². The molecule has 0 aliphatic carbocycles. The molecule has 5 heteroatoms. The highest BCUT2D eigenvalue weighted by Gasteiger charge is 2.16. The first kappa shape index (κ1) is 14.0. The van der Waals surface area contributed by atoms with Crippen LogP contribution < -0.4 is 10.6 Å². The molecule has 0 bridgehead atoms. The summed E-state index contributed by atoms with van der Waals surface area (Å²) in [7, 11) is 1.84. The van der Waals surface area contributed by atoms with Gasteiger partial charge < -0.3 is 15.4 Å². The Morgan fingerprint density at radius 2 is 2.28 bits per heavy atom. The largest absolute Gasteiger partial charge is 0.378 e. The average Bonchev–Trinajstić information content (AvgIpc) is 3.06. The summed E-state index contributed by atoms with van der Waals surface area (Å²) < 4.78 is 5.61. The first-order valence-electron chi connectivity index (χ1n) is 7.06. The standard InChI is InChI=1S/C13H25N3OS/c1-14-13(16-10-12-5-3-9-18-12)15-7-6-11-4-2-8-17-11/h11-12H,2-10H2,1H3,(H2,14,15,16). The molecule has 2 atom stereocenters. The number of thioether (sulfide) groups is 1. The molecule has 0 aromatic rings. The molecule has 104 valence electrons. The van der Waals surface area contributed by atoms with E-state index in [2.05, 4.69) is 27.4 Å². The second kappa shape index (κ2) is 7.89. The third-order valence-electron chi connectivity index (χ3n) is 3.53. The molecular weight excluding hydrogens is 246 g/mol. The van der Waals surface area contributed by atoms with Gasteiger partial charge in [-0.1, -0.05) is 0 Å². The Kier molecular flexibility index (Phi) is 6.14. The summed E-state index contributed by atoms with van der Waals surface area (Å²) in [6.45, 7) is 2.92. The van der Waals surface area contributed by atoms with Crippen LogP contribution in [0.5, 0.6) is 0 Å². The molecule has 2 fully saturated rings. The third-order valence-corrected chi connectivity index (χ3v) is 4.93. The van der Waals surface area contributed by atoms with Crippen LogP contribution in [0.3, 0.4) is 0 Å². The summed E-state index contributed by atoms with van der Waals surface area (Å²) in [5.74, 6) is 2.25. The highest BCUT2D eigenvalue weighted by molar-refractivity contribution is 8.00. The molecule has 2 saturated heterocycles. The van der Waals surface area contributed by atoms with Crippen molar-refractivity contribution in [2.24, 2.45) is 4.99 Å². The fourth-order valence-electron chi connectivity index (χ4n) is 2.46. The lowest BCUT2D eigenvalue weighted by Crippen LogP contribution is -2.41. The molecule has 0 spiro atoms. The van der Waals surface area contributed by atoms with E-state index in [0.29, 0.717) is 6.10 Å². The number of guanidine groups is 1. The fourth-order valence-corrected chi connectivity index (χ4v) is 3.66. The number of aliphatic imine (C=N–C) groups is 1. The zero-order chi connectivity index (χ0) is 12.6. The van der Waals surface area contributed by atoms with E-state index in [9.17, 15) is 0 Å². The van der Waals surface area contributed by atoms with Crippen molar-refractivity contribution in [3.8, 4) is 0 Å². The molecular formula is C13H25N3OS. The van der Waals surface area contributed by atoms with Crippen LogP contribution in [0.2, 0.25) is 0 Å². The van der Waals surface area contributed by atoms with E-state index in [0.717, 1.165) is 37.3 Å². The molecule has 4 nitrogen and oxygen atoms in total. The van der Waals surface area contributed by atoms with Gasteiger partial charge in [0.15, 0.2) is 5.96 Å². The Hall–Kier alpha value is -0.420. The van der Waals surface area contributed by atoms with E-state index in [1.807, 2.05) is 7.05 Å². The number of rotatable bonds is 5. The van der Waals surface area contributed by atoms with E-state index in [4.69, 9.17) is 4.74 Å². The Labute approximate surface area is 114 Å². The molecule has 0 aromatic carbocycles. The van der Waals surface area contributed by atoms with Gasteiger partial charge in [0.05, 0.1) is 6.10 Å². The van der Waals surface area contributed by atoms with Crippen molar-refractivity contribution in [2.75, 3.05) is 32.5 Å². The van der Waals surface area contributed by atoms with Gasteiger partial charge in [-0.05, 0) is 37.9 Å². The number of hydrogen-bond donors (Lipinski definition) is 2. The van der Waals surface area contributed by atoms with Crippen LogP contribution in [0.4, 0.5) is 0 Å². The topological polar surface area (TPSA) is 45.7 Å². The Morgan fingerprint density at radius 3 is 2.94 bits per heavy atom. The monoisotopic (exact) mass is 271 g/mol. The summed E-state index contributed by atoms with van der Waals surface area (Å²) in [5.41, 5.74) is 0. The van der Waals surface area contributed by atoms with Gasteiger partial charge in [-0.2, -0.15) is 11.8 Å². The third kappa shape index (κ3) is 4.69. The van der Waals surface area contributed by atoms with Gasteiger partial charge in [-0.15, -0.1) is 0 Å². The van der Waals surface area contributed by atoms with Crippen molar-refractivity contribution in [1.82, 2.24) is 10.6 Å². The van der Waals surface area contributed by atoms with Crippen LogP contribution in [-0.4, -0.2) is 49.8 Å². The van der Waals surface area contributed by atoms with Crippen LogP contribution in [-0.2, 0) is 4.74 Å². The van der Waals surface area contributed by atoms with Crippen molar-refractivity contribution >= 4 is 17.7 Å². The summed E-state index contributed by atoms with van der Waals surface area (Å²) in [6, 6.07) is 0. The van der Waals surface area contributed by atoms with Crippen molar-refractivity contribution in [3.63, 3.8) is 0 Å². The summed E-state index contributed by atoms with van der Waals surface area (Å²) in [4.78, 5) is 4.26. The number of nitrogens with one attached hydrogen (secondary N) is 2. The van der Waals surface area contributed by atoms with Gasteiger partial charge in [0, 0.05) is 32.0 Å². The zero-order valence-electron chi connectivity index (χ0n) is 11.3. The second-order valence-electron chi connectivity index (χ2n) is 4.94. The normalized spacial score (nSPS) is 28.6. The van der Waals surface area contributed by atoms with E-state index in [1.165, 1.54) is 31.4 Å². The maximum atomic E-state index is 5.61. The smallest absolute Gasteiger partial charge is 0.191 e. The summed E-state index contributed by atoms with van der Waals surface area (Å²) in [6.07, 6.45) is 6.68. The van der Waals surface area contributed by atoms with Crippen molar-refractivity contribution < 1.29 is 4.74 Å². The van der Waals surface area contributed by atoms with E-state index in [1.54, 1.807) is 0 Å². The molecule has 2 unspecified atom stereocenters. The van der Waals surface area contributed by atoms with Gasteiger partial charge in [0.25, 0.3) is 0 Å². The van der Waals surface area contributed by atoms with Crippen LogP contribution >= 0.6 is 11.8 Å². The number of nitrogens with zero attached hydrogens (tertiary/aromatic N) is 1. The van der Waals surface area contributed by atoms with Gasteiger partial charge in [-0.3, -0.25) is 4.99 Å². The van der Waals surface area contributed by atoms with Gasteiger partial charge in [0.2, 0.25) is 0 Å². The maximum absolute atomic E-state index is 5.61. The van der Waals surface area contributed by atoms with E-state index < -0.39 is 0 Å². The first-order chi connectivity index (χ1) is 8.88. The SMILES string of the molecule is CN=C(NCCC1CCCO1)NCC1CCCS1. The lowest BCUT2D eigenvalue weighted by molar-refractivity contribution is 0.105. The van der Waals surface area contributed by atoms with Gasteiger partial charge in [0.1, 0.15) is 0 Å². The predicted molar refractivity (Wildman–Crippen MR) is 78.4 cm³/mol.